The Balaban J connectivity index is 0.00000156. The van der Waals surface area contributed by atoms with Crippen LogP contribution in [0.3, 0.4) is 0 Å². The van der Waals surface area contributed by atoms with Crippen molar-refractivity contribution in [2.75, 3.05) is 0 Å². The fraction of sp³-hybridized carbons (Fsp3) is 0.100. The third-order valence-corrected chi connectivity index (χ3v) is 6.32. The Morgan fingerprint density at radius 1 is 0.739 bits per heavy atom. The van der Waals surface area contributed by atoms with Crippen molar-refractivity contribution < 1.29 is 9.09 Å². The van der Waals surface area contributed by atoms with E-state index in [0.717, 1.165) is 22.0 Å². The van der Waals surface area contributed by atoms with Gasteiger partial charge in [0.2, 0.25) is 0 Å². The van der Waals surface area contributed by atoms with E-state index in [0.29, 0.717) is 11.9 Å². The zero-order valence-corrected chi connectivity index (χ0v) is 12.9. The number of hydrogen-bond acceptors (Lipinski definition) is 2. The summed E-state index contributed by atoms with van der Waals surface area (Å²) < 4.78 is 19.6. The second-order valence-electron chi connectivity index (χ2n) is 5.42. The quantitative estimate of drug-likeness (QED) is 0.583. The molecule has 0 fully saturated rings. The van der Waals surface area contributed by atoms with Gasteiger partial charge in [-0.2, -0.15) is 0 Å². The summed E-state index contributed by atoms with van der Waals surface area (Å²) in [6, 6.07) is 25.5. The van der Waals surface area contributed by atoms with Gasteiger partial charge in [-0.25, -0.2) is 0 Å². The van der Waals surface area contributed by atoms with E-state index in [-0.39, 0.29) is 7.43 Å². The molecule has 0 saturated carbocycles. The highest BCUT2D eigenvalue weighted by Gasteiger charge is 2.35. The second-order valence-corrected chi connectivity index (χ2v) is 7.75. The van der Waals surface area contributed by atoms with E-state index in [1.54, 1.807) is 0 Å². The monoisotopic (exact) mass is 322 g/mol. The third-order valence-electron chi connectivity index (χ3n) is 3.93. The van der Waals surface area contributed by atoms with Crippen LogP contribution >= 0.6 is 7.37 Å². The second kappa shape index (κ2) is 6.06. The van der Waals surface area contributed by atoms with E-state index in [4.69, 9.17) is 4.52 Å². The lowest BCUT2D eigenvalue weighted by Gasteiger charge is -2.28. The van der Waals surface area contributed by atoms with E-state index in [2.05, 4.69) is 0 Å². The van der Waals surface area contributed by atoms with Gasteiger partial charge in [0.15, 0.2) is 0 Å². The van der Waals surface area contributed by atoms with Crippen LogP contribution < -0.4 is 9.83 Å². The maximum Gasteiger partial charge on any atom is 0.282 e. The van der Waals surface area contributed by atoms with Crippen molar-refractivity contribution in [3.05, 3.63) is 84.4 Å². The fourth-order valence-corrected chi connectivity index (χ4v) is 5.29. The molecule has 1 atom stereocenters. The SMILES string of the molecule is C.O=P1(Cc2ccccc2)Oc2ccccc2-c2ccccc21. The average Bonchev–Trinajstić information content (AvgIpc) is 2.56. The summed E-state index contributed by atoms with van der Waals surface area (Å²) in [5.41, 5.74) is 3.06. The predicted molar refractivity (Wildman–Crippen MR) is 96.6 cm³/mol. The van der Waals surface area contributed by atoms with Crippen LogP contribution in [0, 0.1) is 0 Å². The molecule has 3 aromatic carbocycles. The molecule has 1 aliphatic rings. The van der Waals surface area contributed by atoms with Crippen LogP contribution in [0.15, 0.2) is 78.9 Å². The lowest BCUT2D eigenvalue weighted by molar-refractivity contribution is 0.490. The molecule has 4 rings (SSSR count). The Morgan fingerprint density at radius 2 is 1.35 bits per heavy atom. The molecule has 0 spiro atoms. The minimum Gasteiger partial charge on any atom is -0.439 e. The molecule has 2 nitrogen and oxygen atoms in total. The lowest BCUT2D eigenvalue weighted by Crippen LogP contribution is -2.18. The van der Waals surface area contributed by atoms with Crippen LogP contribution in [0.2, 0.25) is 0 Å². The molecule has 1 unspecified atom stereocenters. The first-order valence-corrected chi connectivity index (χ1v) is 9.09. The molecular formula is C20H19O2P. The molecule has 1 heterocycles. The number of rotatable bonds is 2. The van der Waals surface area contributed by atoms with Crippen LogP contribution in [-0.4, -0.2) is 0 Å². The first-order valence-electron chi connectivity index (χ1n) is 7.28. The van der Waals surface area contributed by atoms with Crippen LogP contribution in [0.1, 0.15) is 13.0 Å². The van der Waals surface area contributed by atoms with Crippen molar-refractivity contribution in [2.24, 2.45) is 0 Å². The molecule has 0 aromatic heterocycles. The molecular weight excluding hydrogens is 303 g/mol. The first-order chi connectivity index (χ1) is 10.8. The average molecular weight is 322 g/mol. The molecule has 116 valence electrons. The zero-order chi connectivity index (χ0) is 15.0. The summed E-state index contributed by atoms with van der Waals surface area (Å²) in [6.45, 7) is 0. The molecule has 0 aliphatic carbocycles. The van der Waals surface area contributed by atoms with Gasteiger partial charge in [-0.15, -0.1) is 0 Å². The Hall–Kier alpha value is -2.31. The number of benzene rings is 3. The van der Waals surface area contributed by atoms with Gasteiger partial charge in [-0.3, -0.25) is 4.57 Å². The summed E-state index contributed by atoms with van der Waals surface area (Å²) >= 11 is 0. The van der Waals surface area contributed by atoms with Crippen LogP contribution in [0.5, 0.6) is 5.75 Å². The highest BCUT2D eigenvalue weighted by molar-refractivity contribution is 7.67. The molecule has 3 aromatic rings. The van der Waals surface area contributed by atoms with Crippen LogP contribution in [0.4, 0.5) is 0 Å². The van der Waals surface area contributed by atoms with Crippen molar-refractivity contribution in [3.63, 3.8) is 0 Å². The van der Waals surface area contributed by atoms with Crippen molar-refractivity contribution in [1.29, 1.82) is 0 Å². The minimum absolute atomic E-state index is 0. The Kier molecular flexibility index (Phi) is 4.11. The van der Waals surface area contributed by atoms with Gasteiger partial charge in [0, 0.05) is 5.56 Å². The largest absolute Gasteiger partial charge is 0.439 e. The molecule has 23 heavy (non-hydrogen) atoms. The van der Waals surface area contributed by atoms with Crippen molar-refractivity contribution in [2.45, 2.75) is 13.6 Å². The van der Waals surface area contributed by atoms with Crippen molar-refractivity contribution in [1.82, 2.24) is 0 Å². The molecule has 3 heteroatoms. The van der Waals surface area contributed by atoms with E-state index in [9.17, 15) is 4.57 Å². The van der Waals surface area contributed by atoms with Gasteiger partial charge in [0.1, 0.15) is 5.75 Å². The van der Waals surface area contributed by atoms with Gasteiger partial charge in [-0.1, -0.05) is 74.2 Å². The van der Waals surface area contributed by atoms with Gasteiger partial charge in [0.05, 0.1) is 11.5 Å². The molecule has 0 N–H and O–H groups in total. The van der Waals surface area contributed by atoms with Crippen molar-refractivity contribution in [3.8, 4) is 16.9 Å². The highest BCUT2D eigenvalue weighted by atomic mass is 31.2. The van der Waals surface area contributed by atoms with Crippen LogP contribution in [0.25, 0.3) is 11.1 Å². The smallest absolute Gasteiger partial charge is 0.282 e. The number of hydrogen-bond donors (Lipinski definition) is 0. The normalized spacial score (nSPS) is 18.1. The topological polar surface area (TPSA) is 26.3 Å². The van der Waals surface area contributed by atoms with E-state index in [1.807, 2.05) is 78.9 Å². The van der Waals surface area contributed by atoms with Crippen LogP contribution in [-0.2, 0) is 10.7 Å². The summed E-state index contributed by atoms with van der Waals surface area (Å²) in [7, 11) is -2.96. The molecule has 0 saturated heterocycles. The minimum atomic E-state index is -2.96. The van der Waals surface area contributed by atoms with E-state index < -0.39 is 7.37 Å². The Morgan fingerprint density at radius 3 is 2.13 bits per heavy atom. The maximum absolute atomic E-state index is 13.6. The highest BCUT2D eigenvalue weighted by Crippen LogP contribution is 2.56. The molecule has 1 aliphatic heterocycles. The third kappa shape index (κ3) is 2.71. The molecule has 0 bridgehead atoms. The predicted octanol–water partition coefficient (Wildman–Crippen LogP) is 5.49. The van der Waals surface area contributed by atoms with Crippen molar-refractivity contribution >= 4 is 12.7 Å². The standard InChI is InChI=1S/C19H15O2P.CH4/c20-22(14-15-8-2-1-3-9-15)19-13-7-5-11-17(19)16-10-4-6-12-18(16)21-22;/h1-13H,14H2;1H4. The lowest BCUT2D eigenvalue weighted by atomic mass is 10.0. The van der Waals surface area contributed by atoms with Gasteiger partial charge in [0.25, 0.3) is 7.37 Å². The molecule has 0 radical (unpaired) electrons. The van der Waals surface area contributed by atoms with Gasteiger partial charge >= 0.3 is 0 Å². The Labute approximate surface area is 137 Å². The zero-order valence-electron chi connectivity index (χ0n) is 12.0. The summed E-state index contributed by atoms with van der Waals surface area (Å²) in [4.78, 5) is 0. The molecule has 0 amide bonds. The summed E-state index contributed by atoms with van der Waals surface area (Å²) in [6.07, 6.45) is 0.416. The number of para-hydroxylation sites is 1. The van der Waals surface area contributed by atoms with E-state index >= 15 is 0 Å². The maximum atomic E-state index is 13.6. The van der Waals surface area contributed by atoms with Gasteiger partial charge < -0.3 is 4.52 Å². The Bertz CT molecular complexity index is 866. The van der Waals surface area contributed by atoms with E-state index in [1.165, 1.54) is 0 Å². The van der Waals surface area contributed by atoms with Gasteiger partial charge in [-0.05, 0) is 23.3 Å². The fourth-order valence-electron chi connectivity index (χ4n) is 2.92. The first kappa shape index (κ1) is 15.6. The summed E-state index contributed by atoms with van der Waals surface area (Å²) in [5, 5.41) is 0.817. The number of fused-ring (bicyclic) bond motifs is 3. The summed E-state index contributed by atoms with van der Waals surface area (Å²) in [5.74, 6) is 0.709.